The van der Waals surface area contributed by atoms with Gasteiger partial charge in [-0.05, 0) is 72.1 Å². The number of alkyl carbamates (subject to hydrolysis) is 1. The zero-order chi connectivity index (χ0) is 14.7. The van der Waals surface area contributed by atoms with E-state index in [0.717, 1.165) is 25.7 Å². The van der Waals surface area contributed by atoms with Crippen LogP contribution in [0.2, 0.25) is 0 Å². The fourth-order valence-corrected chi connectivity index (χ4v) is 2.61. The third kappa shape index (κ3) is 6.28. The summed E-state index contributed by atoms with van der Waals surface area (Å²) in [6.07, 6.45) is 3.85. The minimum atomic E-state index is -0.580. The third-order valence-electron chi connectivity index (χ3n) is 3.78. The smallest absolute Gasteiger partial charge is 0.407 e. The Kier molecular flexibility index (Phi) is 5.25. The first-order valence-electron chi connectivity index (χ1n) is 7.27. The predicted octanol–water partition coefficient (Wildman–Crippen LogP) is 3.09. The maximum absolute atomic E-state index is 11.6. The van der Waals surface area contributed by atoms with Crippen molar-refractivity contribution in [2.24, 2.45) is 11.8 Å². The maximum atomic E-state index is 11.6. The number of nitrogens with one attached hydrogen (secondary N) is 1. The van der Waals surface area contributed by atoms with Crippen LogP contribution in [0.5, 0.6) is 0 Å². The van der Waals surface area contributed by atoms with Crippen LogP contribution in [0.3, 0.4) is 0 Å². The molecule has 0 heterocycles. The van der Waals surface area contributed by atoms with Gasteiger partial charge in [-0.1, -0.05) is 0 Å². The average molecular weight is 271 g/mol. The van der Waals surface area contributed by atoms with Crippen LogP contribution in [0.4, 0.5) is 4.79 Å². The zero-order valence-corrected chi connectivity index (χ0v) is 13.0. The lowest BCUT2D eigenvalue weighted by Crippen LogP contribution is -2.38. The highest BCUT2D eigenvalue weighted by Crippen LogP contribution is 2.34. The van der Waals surface area contributed by atoms with Gasteiger partial charge >= 0.3 is 6.09 Å². The molecule has 4 heteroatoms. The summed E-state index contributed by atoms with van der Waals surface area (Å²) in [4.78, 5) is 11.6. The van der Waals surface area contributed by atoms with Crippen molar-refractivity contribution in [1.29, 1.82) is 0 Å². The van der Waals surface area contributed by atoms with Crippen molar-refractivity contribution in [2.45, 2.75) is 71.5 Å². The Morgan fingerprint density at radius 3 is 2.11 bits per heavy atom. The summed E-state index contributed by atoms with van der Waals surface area (Å²) in [5.74, 6) is 0.886. The van der Waals surface area contributed by atoms with E-state index in [0.29, 0.717) is 18.4 Å². The van der Waals surface area contributed by atoms with Crippen LogP contribution in [-0.4, -0.2) is 28.9 Å². The molecule has 0 aromatic carbocycles. The molecule has 0 aromatic heterocycles. The molecule has 0 saturated heterocycles. The van der Waals surface area contributed by atoms with Gasteiger partial charge in [0.25, 0.3) is 0 Å². The SMILES string of the molecule is CC(C)(C)OC(=O)NC[C@H]1CC[C@H](C(C)(C)O)CC1. The molecule has 1 saturated carbocycles. The molecule has 1 aliphatic carbocycles. The van der Waals surface area contributed by atoms with Crippen LogP contribution < -0.4 is 5.32 Å². The minimum Gasteiger partial charge on any atom is -0.444 e. The molecule has 0 spiro atoms. The normalized spacial score (nSPS) is 24.9. The summed E-state index contributed by atoms with van der Waals surface area (Å²) in [6.45, 7) is 10.0. The molecule has 0 atom stereocenters. The summed E-state index contributed by atoms with van der Waals surface area (Å²) in [5, 5.41) is 12.8. The fraction of sp³-hybridized carbons (Fsp3) is 0.933. The molecule has 0 radical (unpaired) electrons. The largest absolute Gasteiger partial charge is 0.444 e. The number of carbonyl (C=O) groups excluding carboxylic acids is 1. The predicted molar refractivity (Wildman–Crippen MR) is 76.0 cm³/mol. The second-order valence-electron chi connectivity index (χ2n) is 7.25. The van der Waals surface area contributed by atoms with Crippen molar-refractivity contribution >= 4 is 6.09 Å². The molecule has 1 aliphatic rings. The molecular formula is C15H29NO3. The van der Waals surface area contributed by atoms with E-state index in [4.69, 9.17) is 4.74 Å². The molecule has 1 rings (SSSR count). The topological polar surface area (TPSA) is 58.6 Å². The monoisotopic (exact) mass is 271 g/mol. The van der Waals surface area contributed by atoms with Crippen LogP contribution in [0.25, 0.3) is 0 Å². The fourth-order valence-electron chi connectivity index (χ4n) is 2.61. The Morgan fingerprint density at radius 1 is 1.16 bits per heavy atom. The molecule has 1 fully saturated rings. The summed E-state index contributed by atoms with van der Waals surface area (Å²) in [7, 11) is 0. The molecule has 0 unspecified atom stereocenters. The van der Waals surface area contributed by atoms with Gasteiger partial charge in [-0.15, -0.1) is 0 Å². The number of ether oxygens (including phenoxy) is 1. The van der Waals surface area contributed by atoms with Gasteiger partial charge in [-0.2, -0.15) is 0 Å². The van der Waals surface area contributed by atoms with Crippen LogP contribution in [0, 0.1) is 11.8 Å². The van der Waals surface area contributed by atoms with Gasteiger partial charge in [0, 0.05) is 6.54 Å². The Balaban J connectivity index is 2.25. The van der Waals surface area contributed by atoms with E-state index in [9.17, 15) is 9.90 Å². The number of aliphatic hydroxyl groups is 1. The van der Waals surface area contributed by atoms with Crippen LogP contribution in [0.1, 0.15) is 60.3 Å². The highest BCUT2D eigenvalue weighted by atomic mass is 16.6. The number of carbonyl (C=O) groups is 1. The third-order valence-corrected chi connectivity index (χ3v) is 3.78. The lowest BCUT2D eigenvalue weighted by molar-refractivity contribution is -0.00623. The second kappa shape index (κ2) is 6.12. The van der Waals surface area contributed by atoms with Crippen LogP contribution in [-0.2, 0) is 4.74 Å². The molecule has 0 aromatic rings. The van der Waals surface area contributed by atoms with E-state index in [-0.39, 0.29) is 6.09 Å². The number of hydrogen-bond donors (Lipinski definition) is 2. The number of rotatable bonds is 3. The Labute approximate surface area is 116 Å². The van der Waals surface area contributed by atoms with Crippen LogP contribution in [0.15, 0.2) is 0 Å². The highest BCUT2D eigenvalue weighted by Gasteiger charge is 2.31. The molecule has 19 heavy (non-hydrogen) atoms. The molecule has 2 N–H and O–H groups in total. The van der Waals surface area contributed by atoms with Gasteiger partial charge in [0.1, 0.15) is 5.60 Å². The van der Waals surface area contributed by atoms with E-state index in [1.807, 2.05) is 34.6 Å². The van der Waals surface area contributed by atoms with Gasteiger partial charge < -0.3 is 15.2 Å². The lowest BCUT2D eigenvalue weighted by Gasteiger charge is -2.35. The first-order valence-corrected chi connectivity index (χ1v) is 7.27. The van der Waals surface area contributed by atoms with Gasteiger partial charge in [0.05, 0.1) is 5.60 Å². The Hall–Kier alpha value is -0.770. The van der Waals surface area contributed by atoms with Crippen molar-refractivity contribution in [2.75, 3.05) is 6.54 Å². The molecular weight excluding hydrogens is 242 g/mol. The van der Waals surface area contributed by atoms with Gasteiger partial charge in [-0.25, -0.2) is 4.79 Å². The summed E-state index contributed by atoms with van der Waals surface area (Å²) < 4.78 is 5.21. The van der Waals surface area contributed by atoms with Gasteiger partial charge in [0.15, 0.2) is 0 Å². The zero-order valence-electron chi connectivity index (χ0n) is 13.0. The van der Waals surface area contributed by atoms with E-state index in [1.54, 1.807) is 0 Å². The maximum Gasteiger partial charge on any atom is 0.407 e. The summed E-state index contributed by atoms with van der Waals surface area (Å²) in [5.41, 5.74) is -1.02. The van der Waals surface area contributed by atoms with Gasteiger partial charge in [-0.3, -0.25) is 0 Å². The summed E-state index contributed by atoms with van der Waals surface area (Å²) >= 11 is 0. The lowest BCUT2D eigenvalue weighted by atomic mass is 9.75. The molecule has 4 nitrogen and oxygen atoms in total. The van der Waals surface area contributed by atoms with Gasteiger partial charge in [0.2, 0.25) is 0 Å². The van der Waals surface area contributed by atoms with Crippen LogP contribution >= 0.6 is 0 Å². The quantitative estimate of drug-likeness (QED) is 0.829. The summed E-state index contributed by atoms with van der Waals surface area (Å²) in [6, 6.07) is 0. The van der Waals surface area contributed by atoms with Crippen molar-refractivity contribution in [3.05, 3.63) is 0 Å². The van der Waals surface area contributed by atoms with E-state index in [2.05, 4.69) is 5.32 Å². The average Bonchev–Trinajstić information content (AvgIpc) is 2.23. The second-order valence-corrected chi connectivity index (χ2v) is 7.25. The Morgan fingerprint density at radius 2 is 1.68 bits per heavy atom. The van der Waals surface area contributed by atoms with Crippen molar-refractivity contribution < 1.29 is 14.6 Å². The Bertz CT molecular complexity index is 293. The van der Waals surface area contributed by atoms with E-state index >= 15 is 0 Å². The molecule has 112 valence electrons. The first kappa shape index (κ1) is 16.3. The standard InChI is InChI=1S/C15H29NO3/c1-14(2,3)19-13(17)16-10-11-6-8-12(9-7-11)15(4,5)18/h11-12,18H,6-10H2,1-5H3,(H,16,17)/t11-,12-. The number of hydrogen-bond acceptors (Lipinski definition) is 3. The van der Waals surface area contributed by atoms with Crippen molar-refractivity contribution in [3.63, 3.8) is 0 Å². The van der Waals surface area contributed by atoms with Crippen molar-refractivity contribution in [3.8, 4) is 0 Å². The number of amides is 1. The highest BCUT2D eigenvalue weighted by molar-refractivity contribution is 5.67. The molecule has 0 bridgehead atoms. The molecule has 1 amide bonds. The first-order chi connectivity index (χ1) is 8.58. The van der Waals surface area contributed by atoms with E-state index < -0.39 is 11.2 Å². The van der Waals surface area contributed by atoms with E-state index in [1.165, 1.54) is 0 Å². The molecule has 0 aliphatic heterocycles. The van der Waals surface area contributed by atoms with Crippen molar-refractivity contribution in [1.82, 2.24) is 5.32 Å². The minimum absolute atomic E-state index is 0.336.